The van der Waals surface area contributed by atoms with Crippen molar-refractivity contribution in [3.63, 3.8) is 0 Å². The quantitative estimate of drug-likeness (QED) is 0.663. The first kappa shape index (κ1) is 18.1. The molecule has 1 aliphatic rings. The summed E-state index contributed by atoms with van der Waals surface area (Å²) >= 11 is 6.21. The minimum absolute atomic E-state index is 0.254. The number of nitrogens with one attached hydrogen (secondary N) is 1. The third-order valence-electron chi connectivity index (χ3n) is 4.24. The van der Waals surface area contributed by atoms with E-state index in [1.54, 1.807) is 23.0 Å². The Morgan fingerprint density at radius 1 is 1.14 bits per heavy atom. The number of ether oxygens (including phenoxy) is 2. The van der Waals surface area contributed by atoms with Crippen molar-refractivity contribution in [1.29, 1.82) is 0 Å². The molecule has 28 heavy (non-hydrogen) atoms. The molecule has 0 radical (unpaired) electrons. The van der Waals surface area contributed by atoms with Crippen molar-refractivity contribution in [3.8, 4) is 11.5 Å². The van der Waals surface area contributed by atoms with Gasteiger partial charge in [0.1, 0.15) is 19.0 Å². The van der Waals surface area contributed by atoms with E-state index in [1.165, 1.54) is 6.08 Å². The third-order valence-corrected chi connectivity index (χ3v) is 4.61. The highest BCUT2D eigenvalue weighted by Crippen LogP contribution is 2.31. The van der Waals surface area contributed by atoms with Crippen LogP contribution in [0.25, 0.3) is 6.08 Å². The second-order valence-electron chi connectivity index (χ2n) is 6.19. The van der Waals surface area contributed by atoms with Gasteiger partial charge in [-0.1, -0.05) is 35.9 Å². The Balaban J connectivity index is 1.43. The second kappa shape index (κ2) is 8.19. The Hall–Kier alpha value is -3.25. The van der Waals surface area contributed by atoms with Gasteiger partial charge in [0.05, 0.1) is 12.7 Å². The number of carbonyl (C=O) groups excluding carboxylic acids is 1. The summed E-state index contributed by atoms with van der Waals surface area (Å²) in [5.41, 5.74) is 1.78. The van der Waals surface area contributed by atoms with Crippen molar-refractivity contribution in [2.75, 3.05) is 18.5 Å². The molecule has 0 bridgehead atoms. The number of anilines is 1. The standard InChI is InChI=1S/C21H18ClN3O3/c22-17-4-2-1-3-16(17)14-25-20(9-10-23-25)24-21(26)8-6-15-5-7-18-19(13-15)28-12-11-27-18/h1-10,13H,11-12,14H2,(H,24,26)/b8-6+. The maximum Gasteiger partial charge on any atom is 0.249 e. The maximum atomic E-state index is 12.3. The van der Waals surface area contributed by atoms with Crippen LogP contribution >= 0.6 is 11.6 Å². The molecule has 2 aromatic carbocycles. The van der Waals surface area contributed by atoms with Crippen LogP contribution in [0.5, 0.6) is 11.5 Å². The Morgan fingerprint density at radius 3 is 2.82 bits per heavy atom. The lowest BCUT2D eigenvalue weighted by Gasteiger charge is -2.18. The molecule has 0 aliphatic carbocycles. The molecule has 1 N–H and O–H groups in total. The van der Waals surface area contributed by atoms with Gasteiger partial charge in [0.2, 0.25) is 5.91 Å². The summed E-state index contributed by atoms with van der Waals surface area (Å²) < 4.78 is 12.7. The molecule has 0 atom stereocenters. The van der Waals surface area contributed by atoms with E-state index in [-0.39, 0.29) is 5.91 Å². The minimum atomic E-state index is -0.254. The summed E-state index contributed by atoms with van der Waals surface area (Å²) in [5, 5.41) is 7.76. The van der Waals surface area contributed by atoms with Gasteiger partial charge in [-0.05, 0) is 35.4 Å². The van der Waals surface area contributed by atoms with Gasteiger partial charge in [0.15, 0.2) is 11.5 Å². The SMILES string of the molecule is O=C(/C=C/c1ccc2c(c1)OCCO2)Nc1ccnn1Cc1ccccc1Cl. The largest absolute Gasteiger partial charge is 0.486 e. The van der Waals surface area contributed by atoms with Crippen LogP contribution in [0, 0.1) is 0 Å². The van der Waals surface area contributed by atoms with Crippen LogP contribution in [0.15, 0.2) is 60.8 Å². The smallest absolute Gasteiger partial charge is 0.249 e. The summed E-state index contributed by atoms with van der Waals surface area (Å²) in [7, 11) is 0. The number of benzene rings is 2. The highest BCUT2D eigenvalue weighted by atomic mass is 35.5. The zero-order chi connectivity index (χ0) is 19.3. The molecule has 3 aromatic rings. The fourth-order valence-electron chi connectivity index (χ4n) is 2.86. The van der Waals surface area contributed by atoms with Crippen molar-refractivity contribution in [2.24, 2.45) is 0 Å². The molecule has 6 nitrogen and oxygen atoms in total. The highest BCUT2D eigenvalue weighted by Gasteiger charge is 2.11. The molecular weight excluding hydrogens is 378 g/mol. The minimum Gasteiger partial charge on any atom is -0.486 e. The first-order chi connectivity index (χ1) is 13.7. The van der Waals surface area contributed by atoms with Crippen LogP contribution in [0.3, 0.4) is 0 Å². The van der Waals surface area contributed by atoms with Gasteiger partial charge in [0.25, 0.3) is 0 Å². The number of hydrogen-bond acceptors (Lipinski definition) is 4. The third kappa shape index (κ3) is 4.18. The van der Waals surface area contributed by atoms with Crippen molar-refractivity contribution in [3.05, 3.63) is 77.0 Å². The molecule has 0 spiro atoms. The molecule has 1 aromatic heterocycles. The van der Waals surface area contributed by atoms with Gasteiger partial charge in [-0.25, -0.2) is 4.68 Å². The number of fused-ring (bicyclic) bond motifs is 1. The average molecular weight is 396 g/mol. The Labute approximate surface area is 167 Å². The molecule has 7 heteroatoms. The van der Waals surface area contributed by atoms with E-state index >= 15 is 0 Å². The van der Waals surface area contributed by atoms with Crippen LogP contribution in [-0.2, 0) is 11.3 Å². The number of rotatable bonds is 5. The molecule has 4 rings (SSSR count). The van der Waals surface area contributed by atoms with Gasteiger partial charge in [-0.15, -0.1) is 0 Å². The predicted molar refractivity (Wildman–Crippen MR) is 108 cm³/mol. The summed E-state index contributed by atoms with van der Waals surface area (Å²) in [5.74, 6) is 1.75. The fourth-order valence-corrected chi connectivity index (χ4v) is 3.05. The van der Waals surface area contributed by atoms with Crippen molar-refractivity contribution in [2.45, 2.75) is 6.54 Å². The lowest BCUT2D eigenvalue weighted by molar-refractivity contribution is -0.111. The van der Waals surface area contributed by atoms with Gasteiger partial charge >= 0.3 is 0 Å². The molecule has 0 saturated heterocycles. The highest BCUT2D eigenvalue weighted by molar-refractivity contribution is 6.31. The van der Waals surface area contributed by atoms with Gasteiger partial charge in [0, 0.05) is 17.2 Å². The molecule has 0 unspecified atom stereocenters. The maximum absolute atomic E-state index is 12.3. The second-order valence-corrected chi connectivity index (χ2v) is 6.60. The van der Waals surface area contributed by atoms with Crippen molar-refractivity contribution < 1.29 is 14.3 Å². The zero-order valence-electron chi connectivity index (χ0n) is 15.0. The lowest BCUT2D eigenvalue weighted by atomic mass is 10.2. The van der Waals surface area contributed by atoms with E-state index in [0.29, 0.717) is 36.3 Å². The normalized spacial score (nSPS) is 12.9. The number of aromatic nitrogens is 2. The molecular formula is C21H18ClN3O3. The van der Waals surface area contributed by atoms with Crippen LogP contribution in [0.1, 0.15) is 11.1 Å². The van der Waals surface area contributed by atoms with E-state index in [4.69, 9.17) is 21.1 Å². The predicted octanol–water partition coefficient (Wildman–Crippen LogP) is 4.01. The van der Waals surface area contributed by atoms with Gasteiger partial charge in [-0.2, -0.15) is 5.10 Å². The van der Waals surface area contributed by atoms with Gasteiger partial charge in [-0.3, -0.25) is 4.79 Å². The first-order valence-corrected chi connectivity index (χ1v) is 9.21. The molecule has 1 aliphatic heterocycles. The lowest BCUT2D eigenvalue weighted by Crippen LogP contribution is -2.15. The topological polar surface area (TPSA) is 65.4 Å². The zero-order valence-corrected chi connectivity index (χ0v) is 15.7. The van der Waals surface area contributed by atoms with Crippen LogP contribution < -0.4 is 14.8 Å². The number of amides is 1. The fraction of sp³-hybridized carbons (Fsp3) is 0.143. The molecule has 0 saturated carbocycles. The van der Waals surface area contributed by atoms with Gasteiger partial charge < -0.3 is 14.8 Å². The summed E-state index contributed by atoms with van der Waals surface area (Å²) in [4.78, 5) is 12.3. The number of hydrogen-bond donors (Lipinski definition) is 1. The van der Waals surface area contributed by atoms with E-state index < -0.39 is 0 Å². The number of carbonyl (C=O) groups is 1. The van der Waals surface area contributed by atoms with E-state index in [9.17, 15) is 4.79 Å². The molecule has 1 amide bonds. The Bertz CT molecular complexity index is 1030. The van der Waals surface area contributed by atoms with E-state index in [0.717, 1.165) is 16.9 Å². The monoisotopic (exact) mass is 395 g/mol. The number of halogens is 1. The molecule has 0 fully saturated rings. The van der Waals surface area contributed by atoms with Crippen molar-refractivity contribution in [1.82, 2.24) is 9.78 Å². The van der Waals surface area contributed by atoms with Crippen LogP contribution in [0.2, 0.25) is 5.02 Å². The van der Waals surface area contributed by atoms with Crippen molar-refractivity contribution >= 4 is 29.4 Å². The van der Waals surface area contributed by atoms with Crippen LogP contribution in [0.4, 0.5) is 5.82 Å². The first-order valence-electron chi connectivity index (χ1n) is 8.83. The average Bonchev–Trinajstić information content (AvgIpc) is 3.14. The molecule has 2 heterocycles. The van der Waals surface area contributed by atoms with E-state index in [2.05, 4.69) is 10.4 Å². The molecule has 142 valence electrons. The Morgan fingerprint density at radius 2 is 1.96 bits per heavy atom. The Kier molecular flexibility index (Phi) is 5.30. The summed E-state index contributed by atoms with van der Waals surface area (Å²) in [6.45, 7) is 1.54. The van der Waals surface area contributed by atoms with Crippen LogP contribution in [-0.4, -0.2) is 28.9 Å². The number of nitrogens with zero attached hydrogens (tertiary/aromatic N) is 2. The summed E-state index contributed by atoms with van der Waals surface area (Å²) in [6, 6.07) is 14.8. The summed E-state index contributed by atoms with van der Waals surface area (Å²) in [6.07, 6.45) is 4.83. The van der Waals surface area contributed by atoms with E-state index in [1.807, 2.05) is 42.5 Å².